The highest BCUT2D eigenvalue weighted by Gasteiger charge is 2.41. The molecule has 1 amide bonds. The summed E-state index contributed by atoms with van der Waals surface area (Å²) in [4.78, 5) is 11.9. The molecule has 0 aliphatic heterocycles. The van der Waals surface area contributed by atoms with Crippen LogP contribution in [0.4, 0.5) is 5.82 Å². The maximum atomic E-state index is 11.9. The molecule has 2 rings (SSSR count). The number of amides is 1. The minimum atomic E-state index is -0.668. The van der Waals surface area contributed by atoms with Crippen molar-refractivity contribution in [3.63, 3.8) is 0 Å². The van der Waals surface area contributed by atoms with Crippen molar-refractivity contribution < 1.29 is 9.53 Å². The fourth-order valence-corrected chi connectivity index (χ4v) is 1.96. The van der Waals surface area contributed by atoms with Gasteiger partial charge in [0.25, 0.3) is 5.91 Å². The normalized spacial score (nSPS) is 19.0. The van der Waals surface area contributed by atoms with Crippen LogP contribution in [-0.4, -0.2) is 34.0 Å². The van der Waals surface area contributed by atoms with Gasteiger partial charge in [-0.2, -0.15) is 10.3 Å². The number of anilines is 1. The first-order chi connectivity index (χ1) is 7.27. The highest BCUT2D eigenvalue weighted by atomic mass is 16.5. The van der Waals surface area contributed by atoms with E-state index >= 15 is 0 Å². The fourth-order valence-electron chi connectivity index (χ4n) is 1.96. The standard InChI is InChI=1S/C9H14N4O2/c1-15-9(4-2-3-5-9)8(14)11-7-6-10-13-12-7/h6H,2-5H2,1H3,(H2,10,11,12,13,14). The van der Waals surface area contributed by atoms with E-state index in [1.54, 1.807) is 7.11 Å². The summed E-state index contributed by atoms with van der Waals surface area (Å²) in [6.07, 6.45) is 5.07. The highest BCUT2D eigenvalue weighted by molar-refractivity contribution is 5.96. The number of rotatable bonds is 3. The number of nitrogens with one attached hydrogen (secondary N) is 2. The number of ether oxygens (including phenoxy) is 1. The van der Waals surface area contributed by atoms with E-state index in [0.29, 0.717) is 5.82 Å². The molecule has 1 aliphatic rings. The Labute approximate surface area is 87.4 Å². The maximum Gasteiger partial charge on any atom is 0.257 e. The van der Waals surface area contributed by atoms with Crippen LogP contribution in [0, 0.1) is 0 Å². The van der Waals surface area contributed by atoms with Crippen molar-refractivity contribution in [2.45, 2.75) is 31.3 Å². The van der Waals surface area contributed by atoms with Crippen LogP contribution in [0.15, 0.2) is 6.20 Å². The van der Waals surface area contributed by atoms with Crippen molar-refractivity contribution in [1.29, 1.82) is 0 Å². The molecule has 6 nitrogen and oxygen atoms in total. The zero-order valence-corrected chi connectivity index (χ0v) is 8.62. The Hall–Kier alpha value is -1.43. The molecule has 1 aromatic rings. The first-order valence-corrected chi connectivity index (χ1v) is 4.99. The number of carbonyl (C=O) groups is 1. The minimum Gasteiger partial charge on any atom is -0.368 e. The third-order valence-electron chi connectivity index (χ3n) is 2.87. The van der Waals surface area contributed by atoms with E-state index in [4.69, 9.17) is 4.74 Å². The molecular formula is C9H14N4O2. The van der Waals surface area contributed by atoms with E-state index in [1.165, 1.54) is 6.20 Å². The number of hydrogen-bond donors (Lipinski definition) is 2. The summed E-state index contributed by atoms with van der Waals surface area (Å²) in [6, 6.07) is 0. The molecule has 1 heterocycles. The second-order valence-corrected chi connectivity index (χ2v) is 3.71. The number of aromatic amines is 1. The zero-order valence-electron chi connectivity index (χ0n) is 8.62. The Balaban J connectivity index is 2.06. The van der Waals surface area contributed by atoms with Gasteiger partial charge in [0.2, 0.25) is 0 Å². The number of carbonyl (C=O) groups excluding carboxylic acids is 1. The van der Waals surface area contributed by atoms with Crippen LogP contribution in [0.25, 0.3) is 0 Å². The fraction of sp³-hybridized carbons (Fsp3) is 0.667. The average molecular weight is 210 g/mol. The first kappa shape index (κ1) is 10.1. The summed E-state index contributed by atoms with van der Waals surface area (Å²) in [6.45, 7) is 0. The van der Waals surface area contributed by atoms with Gasteiger partial charge < -0.3 is 10.1 Å². The molecule has 0 saturated heterocycles. The lowest BCUT2D eigenvalue weighted by molar-refractivity contribution is -0.137. The van der Waals surface area contributed by atoms with Gasteiger partial charge in [-0.15, -0.1) is 5.10 Å². The molecule has 1 saturated carbocycles. The van der Waals surface area contributed by atoms with Gasteiger partial charge >= 0.3 is 0 Å². The summed E-state index contributed by atoms with van der Waals surface area (Å²) in [5.74, 6) is 0.305. The number of methoxy groups -OCH3 is 1. The molecule has 1 aromatic heterocycles. The quantitative estimate of drug-likeness (QED) is 0.769. The van der Waals surface area contributed by atoms with Gasteiger partial charge in [0.1, 0.15) is 5.60 Å². The molecule has 2 N–H and O–H groups in total. The molecule has 15 heavy (non-hydrogen) atoms. The van der Waals surface area contributed by atoms with Crippen molar-refractivity contribution in [2.75, 3.05) is 12.4 Å². The second-order valence-electron chi connectivity index (χ2n) is 3.71. The lowest BCUT2D eigenvalue weighted by Gasteiger charge is -2.25. The van der Waals surface area contributed by atoms with Crippen LogP contribution < -0.4 is 5.32 Å². The van der Waals surface area contributed by atoms with Crippen molar-refractivity contribution in [1.82, 2.24) is 15.4 Å². The Morgan fingerprint density at radius 3 is 2.87 bits per heavy atom. The van der Waals surface area contributed by atoms with Gasteiger partial charge in [-0.05, 0) is 25.7 Å². The number of nitrogens with zero attached hydrogens (tertiary/aromatic N) is 2. The van der Waals surface area contributed by atoms with Crippen LogP contribution in [0.1, 0.15) is 25.7 Å². The lowest BCUT2D eigenvalue weighted by atomic mass is 10.0. The Morgan fingerprint density at radius 1 is 1.60 bits per heavy atom. The number of aromatic nitrogens is 3. The van der Waals surface area contributed by atoms with Crippen molar-refractivity contribution in [2.24, 2.45) is 0 Å². The van der Waals surface area contributed by atoms with Crippen molar-refractivity contribution in [3.8, 4) is 0 Å². The Morgan fingerprint density at radius 2 is 2.33 bits per heavy atom. The second kappa shape index (κ2) is 3.98. The molecule has 6 heteroatoms. The highest BCUT2D eigenvalue weighted by Crippen LogP contribution is 2.33. The molecule has 0 aromatic carbocycles. The van der Waals surface area contributed by atoms with E-state index in [0.717, 1.165) is 25.7 Å². The largest absolute Gasteiger partial charge is 0.368 e. The lowest BCUT2D eigenvalue weighted by Crippen LogP contribution is -2.42. The third-order valence-corrected chi connectivity index (χ3v) is 2.87. The van der Waals surface area contributed by atoms with Gasteiger partial charge in [0.15, 0.2) is 5.82 Å². The van der Waals surface area contributed by atoms with Crippen LogP contribution >= 0.6 is 0 Å². The monoisotopic (exact) mass is 210 g/mol. The summed E-state index contributed by atoms with van der Waals surface area (Å²) >= 11 is 0. The van der Waals surface area contributed by atoms with E-state index in [1.807, 2.05) is 0 Å². The molecule has 0 unspecified atom stereocenters. The zero-order chi connectivity index (χ0) is 10.7. The third kappa shape index (κ3) is 1.85. The molecule has 0 atom stereocenters. The van der Waals surface area contributed by atoms with Crippen LogP contribution in [0.2, 0.25) is 0 Å². The molecular weight excluding hydrogens is 196 g/mol. The van der Waals surface area contributed by atoms with Gasteiger partial charge in [-0.25, -0.2) is 0 Å². The summed E-state index contributed by atoms with van der Waals surface area (Å²) in [5.41, 5.74) is -0.668. The SMILES string of the molecule is COC1(C(=O)Nc2cn[nH]n2)CCCC1. The molecule has 82 valence electrons. The summed E-state index contributed by atoms with van der Waals surface area (Å²) < 4.78 is 5.34. The Bertz CT molecular complexity index is 330. The van der Waals surface area contributed by atoms with Crippen LogP contribution in [0.5, 0.6) is 0 Å². The van der Waals surface area contributed by atoms with Crippen molar-refractivity contribution >= 4 is 11.7 Å². The topological polar surface area (TPSA) is 79.9 Å². The average Bonchev–Trinajstić information content (AvgIpc) is 2.87. The van der Waals surface area contributed by atoms with Gasteiger partial charge in [0, 0.05) is 7.11 Å². The van der Waals surface area contributed by atoms with Gasteiger partial charge in [0.05, 0.1) is 6.20 Å². The molecule has 1 fully saturated rings. The maximum absolute atomic E-state index is 11.9. The van der Waals surface area contributed by atoms with E-state index in [-0.39, 0.29) is 5.91 Å². The predicted octanol–water partition coefficient (Wildman–Crippen LogP) is 0.702. The first-order valence-electron chi connectivity index (χ1n) is 4.99. The van der Waals surface area contributed by atoms with Crippen molar-refractivity contribution in [3.05, 3.63) is 6.20 Å². The number of H-pyrrole nitrogens is 1. The minimum absolute atomic E-state index is 0.128. The van der Waals surface area contributed by atoms with E-state index < -0.39 is 5.60 Å². The number of hydrogen-bond acceptors (Lipinski definition) is 4. The summed E-state index contributed by atoms with van der Waals surface area (Å²) in [7, 11) is 1.58. The van der Waals surface area contributed by atoms with Crippen LogP contribution in [-0.2, 0) is 9.53 Å². The van der Waals surface area contributed by atoms with Gasteiger partial charge in [-0.1, -0.05) is 0 Å². The van der Waals surface area contributed by atoms with E-state index in [9.17, 15) is 4.79 Å². The van der Waals surface area contributed by atoms with E-state index in [2.05, 4.69) is 20.7 Å². The van der Waals surface area contributed by atoms with Crippen LogP contribution in [0.3, 0.4) is 0 Å². The molecule has 0 radical (unpaired) electrons. The molecule has 0 bridgehead atoms. The predicted molar refractivity (Wildman–Crippen MR) is 53.2 cm³/mol. The smallest absolute Gasteiger partial charge is 0.257 e. The Kier molecular flexibility index (Phi) is 2.68. The summed E-state index contributed by atoms with van der Waals surface area (Å²) in [5, 5.41) is 12.5. The van der Waals surface area contributed by atoms with Gasteiger partial charge in [-0.3, -0.25) is 4.79 Å². The molecule has 0 spiro atoms. The molecule has 1 aliphatic carbocycles.